The van der Waals surface area contributed by atoms with E-state index >= 15 is 0 Å². The maximum atomic E-state index is 4.87. The fourth-order valence-corrected chi connectivity index (χ4v) is 3.61. The van der Waals surface area contributed by atoms with Gasteiger partial charge in [-0.2, -0.15) is 0 Å². The van der Waals surface area contributed by atoms with Gasteiger partial charge in [-0.25, -0.2) is 4.98 Å². The third-order valence-electron chi connectivity index (χ3n) is 3.78. The molecule has 0 spiro atoms. The van der Waals surface area contributed by atoms with E-state index in [-0.39, 0.29) is 0 Å². The lowest BCUT2D eigenvalue weighted by molar-refractivity contribution is 0.830. The van der Waals surface area contributed by atoms with Crippen molar-refractivity contribution in [2.24, 2.45) is 0 Å². The molecule has 0 aliphatic carbocycles. The van der Waals surface area contributed by atoms with Crippen molar-refractivity contribution in [2.75, 3.05) is 0 Å². The van der Waals surface area contributed by atoms with Gasteiger partial charge in [-0.15, -0.1) is 11.3 Å². The van der Waals surface area contributed by atoms with Crippen molar-refractivity contribution in [3.8, 4) is 10.7 Å². The van der Waals surface area contributed by atoms with Crippen LogP contribution in [0.15, 0.2) is 60.2 Å². The Hall–Kier alpha value is -2.46. The molecule has 3 aromatic heterocycles. The molecule has 0 unspecified atom stereocenters. The summed E-state index contributed by atoms with van der Waals surface area (Å²) in [4.78, 5) is 10.3. The zero-order valence-electron chi connectivity index (χ0n) is 12.2. The molecule has 22 heavy (non-hydrogen) atoms. The van der Waals surface area contributed by atoms with Crippen molar-refractivity contribution in [3.63, 3.8) is 0 Å². The van der Waals surface area contributed by atoms with Gasteiger partial charge in [0.05, 0.1) is 22.5 Å². The summed E-state index contributed by atoms with van der Waals surface area (Å²) in [5.41, 5.74) is 4.65. The average Bonchev–Trinajstić information content (AvgIpc) is 3.12. The van der Waals surface area contributed by atoms with Crippen molar-refractivity contribution in [3.05, 3.63) is 71.4 Å². The van der Waals surface area contributed by atoms with Crippen LogP contribution in [0.25, 0.3) is 21.7 Å². The Kier molecular flexibility index (Phi) is 3.24. The zero-order valence-corrected chi connectivity index (χ0v) is 13.0. The minimum atomic E-state index is 0.779. The number of aromatic nitrogens is 3. The lowest BCUT2D eigenvalue weighted by Gasteiger charge is -2.09. The van der Waals surface area contributed by atoms with E-state index in [1.165, 1.54) is 16.0 Å². The second-order valence-electron chi connectivity index (χ2n) is 5.30. The number of pyridine rings is 1. The van der Waals surface area contributed by atoms with Crippen LogP contribution in [0.3, 0.4) is 0 Å². The maximum absolute atomic E-state index is 4.87. The summed E-state index contributed by atoms with van der Waals surface area (Å²) in [6, 6.07) is 14.5. The first-order valence-corrected chi connectivity index (χ1v) is 8.09. The smallest absolute Gasteiger partial charge is 0.151 e. The molecule has 4 rings (SSSR count). The normalized spacial score (nSPS) is 11.1. The largest absolute Gasteiger partial charge is 0.319 e. The summed E-state index contributed by atoms with van der Waals surface area (Å²) in [6.07, 6.45) is 3.72. The summed E-state index contributed by atoms with van der Waals surface area (Å²) in [6.45, 7) is 2.92. The molecule has 3 nitrogen and oxygen atoms in total. The molecule has 0 N–H and O–H groups in total. The van der Waals surface area contributed by atoms with E-state index in [9.17, 15) is 0 Å². The summed E-state index contributed by atoms with van der Waals surface area (Å²) in [5.74, 6) is 1.04. The van der Waals surface area contributed by atoms with Gasteiger partial charge in [-0.05, 0) is 47.7 Å². The highest BCUT2D eigenvalue weighted by Crippen LogP contribution is 2.31. The summed E-state index contributed by atoms with van der Waals surface area (Å²) < 4.78 is 2.28. The minimum Gasteiger partial charge on any atom is -0.319 e. The molecule has 4 aromatic rings. The van der Waals surface area contributed by atoms with E-state index in [0.717, 1.165) is 23.4 Å². The van der Waals surface area contributed by atoms with E-state index in [1.54, 1.807) is 17.5 Å². The van der Waals surface area contributed by atoms with E-state index in [0.29, 0.717) is 0 Å². The summed E-state index contributed by atoms with van der Waals surface area (Å²) >= 11 is 1.74. The number of thiophene rings is 1. The van der Waals surface area contributed by atoms with Crippen LogP contribution in [0.4, 0.5) is 0 Å². The number of benzene rings is 1. The lowest BCUT2D eigenvalue weighted by atomic mass is 10.2. The first-order valence-electron chi connectivity index (χ1n) is 7.21. The third kappa shape index (κ3) is 2.22. The second-order valence-corrected chi connectivity index (χ2v) is 6.22. The maximum Gasteiger partial charge on any atom is 0.151 e. The van der Waals surface area contributed by atoms with Crippen LogP contribution in [0.1, 0.15) is 11.1 Å². The number of fused-ring (bicyclic) bond motifs is 1. The number of hydrogen-bond acceptors (Lipinski definition) is 3. The Labute approximate surface area is 132 Å². The molecule has 0 saturated carbocycles. The van der Waals surface area contributed by atoms with Gasteiger partial charge in [-0.3, -0.25) is 4.98 Å². The Bertz CT molecular complexity index is 922. The van der Waals surface area contributed by atoms with Gasteiger partial charge in [0, 0.05) is 12.4 Å². The highest BCUT2D eigenvalue weighted by molar-refractivity contribution is 7.13. The van der Waals surface area contributed by atoms with Crippen LogP contribution in [0, 0.1) is 6.92 Å². The molecular weight excluding hydrogens is 290 g/mol. The Balaban J connectivity index is 1.93. The monoisotopic (exact) mass is 305 g/mol. The molecular formula is C18H15N3S. The van der Waals surface area contributed by atoms with Gasteiger partial charge in [-0.1, -0.05) is 18.2 Å². The molecule has 3 heterocycles. The first kappa shape index (κ1) is 13.2. The van der Waals surface area contributed by atoms with Gasteiger partial charge in [0.1, 0.15) is 0 Å². The summed E-state index contributed by atoms with van der Waals surface area (Å²) in [7, 11) is 0. The molecule has 108 valence electrons. The van der Waals surface area contributed by atoms with Gasteiger partial charge >= 0.3 is 0 Å². The zero-order chi connectivity index (χ0) is 14.9. The topological polar surface area (TPSA) is 30.7 Å². The molecule has 4 heteroatoms. The summed E-state index contributed by atoms with van der Waals surface area (Å²) in [5, 5.41) is 2.12. The molecule has 0 bridgehead atoms. The predicted molar refractivity (Wildman–Crippen MR) is 91.1 cm³/mol. The Morgan fingerprint density at radius 2 is 2.00 bits per heavy atom. The number of nitrogens with zero attached hydrogens (tertiary/aromatic N) is 3. The highest BCUT2D eigenvalue weighted by Gasteiger charge is 2.15. The van der Waals surface area contributed by atoms with E-state index in [1.807, 2.05) is 18.3 Å². The van der Waals surface area contributed by atoms with E-state index in [4.69, 9.17) is 4.98 Å². The van der Waals surface area contributed by atoms with Crippen molar-refractivity contribution >= 4 is 22.4 Å². The van der Waals surface area contributed by atoms with E-state index in [2.05, 4.69) is 52.2 Å². The predicted octanol–water partition coefficient (Wildman–Crippen LogP) is 4.52. The van der Waals surface area contributed by atoms with Gasteiger partial charge in [0.15, 0.2) is 5.82 Å². The van der Waals surface area contributed by atoms with Crippen LogP contribution in [-0.2, 0) is 6.54 Å². The molecule has 0 atom stereocenters. The quantitative estimate of drug-likeness (QED) is 0.557. The molecule has 0 aliphatic rings. The van der Waals surface area contributed by atoms with Gasteiger partial charge in [0.2, 0.25) is 0 Å². The van der Waals surface area contributed by atoms with Crippen molar-refractivity contribution in [1.29, 1.82) is 0 Å². The van der Waals surface area contributed by atoms with Crippen LogP contribution in [0.5, 0.6) is 0 Å². The third-order valence-corrected chi connectivity index (χ3v) is 4.80. The van der Waals surface area contributed by atoms with E-state index < -0.39 is 0 Å². The van der Waals surface area contributed by atoms with Crippen LogP contribution in [-0.4, -0.2) is 14.5 Å². The number of rotatable bonds is 3. The van der Waals surface area contributed by atoms with Crippen molar-refractivity contribution < 1.29 is 0 Å². The molecule has 0 aliphatic heterocycles. The van der Waals surface area contributed by atoms with Crippen molar-refractivity contribution in [1.82, 2.24) is 14.5 Å². The van der Waals surface area contributed by atoms with Crippen LogP contribution in [0.2, 0.25) is 0 Å². The number of imidazole rings is 1. The SMILES string of the molecule is Cc1ccsc1-c1nc2ccccc2n1Cc1cccnc1. The van der Waals surface area contributed by atoms with Crippen LogP contribution < -0.4 is 0 Å². The average molecular weight is 305 g/mol. The highest BCUT2D eigenvalue weighted by atomic mass is 32.1. The fraction of sp³-hybridized carbons (Fsp3) is 0.111. The Morgan fingerprint density at radius 1 is 1.09 bits per heavy atom. The molecule has 0 saturated heterocycles. The minimum absolute atomic E-state index is 0.779. The van der Waals surface area contributed by atoms with Gasteiger partial charge in [0.25, 0.3) is 0 Å². The number of para-hydroxylation sites is 2. The van der Waals surface area contributed by atoms with Crippen LogP contribution >= 0.6 is 11.3 Å². The number of hydrogen-bond donors (Lipinski definition) is 0. The Morgan fingerprint density at radius 3 is 2.77 bits per heavy atom. The lowest BCUT2D eigenvalue weighted by Crippen LogP contribution is -2.02. The molecule has 0 amide bonds. The second kappa shape index (κ2) is 5.39. The first-order chi connectivity index (χ1) is 10.8. The standard InChI is InChI=1S/C18H15N3S/c1-13-8-10-22-17(13)18-20-15-6-2-3-7-16(15)21(18)12-14-5-4-9-19-11-14/h2-11H,12H2,1H3. The van der Waals surface area contributed by atoms with Gasteiger partial charge < -0.3 is 4.57 Å². The number of aryl methyl sites for hydroxylation is 1. The molecule has 1 aromatic carbocycles. The van der Waals surface area contributed by atoms with Crippen molar-refractivity contribution in [2.45, 2.75) is 13.5 Å². The molecule has 0 radical (unpaired) electrons. The molecule has 0 fully saturated rings. The fourth-order valence-electron chi connectivity index (χ4n) is 2.68.